The number of rotatable bonds is 4. The molecular formula is C56H53NO. The Morgan fingerprint density at radius 1 is 0.466 bits per heavy atom. The molecular weight excluding hydrogens is 703 g/mol. The Kier molecular flexibility index (Phi) is 7.75. The largest absolute Gasteiger partial charge is 0.455 e. The minimum absolute atomic E-state index is 0.0102. The predicted octanol–water partition coefficient (Wildman–Crippen LogP) is 15.9. The lowest BCUT2D eigenvalue weighted by molar-refractivity contribution is 0.559. The molecule has 288 valence electrons. The Balaban J connectivity index is 1.21. The van der Waals surface area contributed by atoms with Gasteiger partial charge in [0.1, 0.15) is 11.2 Å². The molecule has 0 saturated carbocycles. The van der Waals surface area contributed by atoms with E-state index in [0.717, 1.165) is 22.5 Å². The molecule has 0 unspecified atom stereocenters. The highest BCUT2D eigenvalue weighted by Crippen LogP contribution is 2.58. The predicted molar refractivity (Wildman–Crippen MR) is 246 cm³/mol. The first-order chi connectivity index (χ1) is 27.5. The van der Waals surface area contributed by atoms with Crippen LogP contribution in [0.5, 0.6) is 0 Å². The summed E-state index contributed by atoms with van der Waals surface area (Å²) < 4.78 is 7.19. The molecule has 2 aliphatic rings. The van der Waals surface area contributed by atoms with Crippen LogP contribution in [0.25, 0.3) is 55.3 Å². The van der Waals surface area contributed by atoms with E-state index in [0.29, 0.717) is 0 Å². The number of hydrogen-bond acceptors (Lipinski definition) is 2. The summed E-state index contributed by atoms with van der Waals surface area (Å²) in [5.74, 6) is 0. The summed E-state index contributed by atoms with van der Waals surface area (Å²) in [5.41, 5.74) is 20.5. The Morgan fingerprint density at radius 2 is 1.12 bits per heavy atom. The van der Waals surface area contributed by atoms with Crippen LogP contribution in [0.15, 0.2) is 144 Å². The van der Waals surface area contributed by atoms with Gasteiger partial charge in [-0.1, -0.05) is 172 Å². The lowest BCUT2D eigenvalue weighted by Gasteiger charge is -2.33. The van der Waals surface area contributed by atoms with Crippen molar-refractivity contribution in [1.29, 1.82) is 0 Å². The first-order valence-corrected chi connectivity index (χ1v) is 20.9. The maximum Gasteiger partial charge on any atom is 0.143 e. The number of hydrogen-bond donors (Lipinski definition) is 0. The van der Waals surface area contributed by atoms with Crippen LogP contribution >= 0.6 is 0 Å². The first kappa shape index (κ1) is 36.5. The van der Waals surface area contributed by atoms with Crippen LogP contribution in [0.4, 0.5) is 17.1 Å². The summed E-state index contributed by atoms with van der Waals surface area (Å²) in [6.07, 6.45) is 0. The van der Waals surface area contributed by atoms with Gasteiger partial charge in [-0.25, -0.2) is 0 Å². The zero-order valence-electron chi connectivity index (χ0n) is 35.6. The fraction of sp³-hybridized carbons (Fsp3) is 0.250. The molecule has 0 bridgehead atoms. The lowest BCUT2D eigenvalue weighted by atomic mass is 9.79. The standard InChI is InChI=1S/C56H53NO/c1-53(2,3)36-31-43-41-29-30-45-49(52(41)58-51(43)47(32-36)54(4,5)6)42-20-16-22-48(50(42)56(45,9)10)57(37-25-23-35(24-26-37)34-17-12-11-13-18-34)38-27-28-40-39-19-14-15-21-44(39)55(7,8)46(40)33-38/h11-33H,1-10H3. The monoisotopic (exact) mass is 755 g/mol. The number of fused-ring (bicyclic) bond motifs is 10. The molecule has 0 spiro atoms. The summed E-state index contributed by atoms with van der Waals surface area (Å²) >= 11 is 0. The quantitative estimate of drug-likeness (QED) is 0.178. The number of nitrogens with zero attached hydrogens (tertiary/aromatic N) is 1. The van der Waals surface area contributed by atoms with Crippen LogP contribution in [0, 0.1) is 0 Å². The van der Waals surface area contributed by atoms with E-state index in [2.05, 4.69) is 214 Å². The van der Waals surface area contributed by atoms with Crippen molar-refractivity contribution in [2.24, 2.45) is 0 Å². The number of furan rings is 1. The molecule has 0 fully saturated rings. The van der Waals surface area contributed by atoms with Crippen LogP contribution in [-0.2, 0) is 21.7 Å². The minimum Gasteiger partial charge on any atom is -0.455 e. The van der Waals surface area contributed by atoms with E-state index in [1.54, 1.807) is 0 Å². The van der Waals surface area contributed by atoms with E-state index < -0.39 is 0 Å². The minimum atomic E-state index is -0.299. The van der Waals surface area contributed by atoms with Gasteiger partial charge in [0.05, 0.1) is 5.69 Å². The summed E-state index contributed by atoms with van der Waals surface area (Å²) in [6, 6.07) is 52.2. The molecule has 1 aromatic heterocycles. The Morgan fingerprint density at radius 3 is 1.84 bits per heavy atom. The van der Waals surface area contributed by atoms with E-state index in [-0.39, 0.29) is 21.7 Å². The average Bonchev–Trinajstić information content (AvgIpc) is 3.77. The molecule has 2 aliphatic carbocycles. The topological polar surface area (TPSA) is 16.4 Å². The highest BCUT2D eigenvalue weighted by atomic mass is 16.3. The lowest BCUT2D eigenvalue weighted by Crippen LogP contribution is -2.21. The summed E-state index contributed by atoms with van der Waals surface area (Å²) in [7, 11) is 0. The van der Waals surface area contributed by atoms with Crippen molar-refractivity contribution in [3.05, 3.63) is 173 Å². The normalized spacial score (nSPS) is 15.0. The zero-order chi connectivity index (χ0) is 40.5. The van der Waals surface area contributed by atoms with Crippen molar-refractivity contribution in [3.8, 4) is 33.4 Å². The molecule has 2 nitrogen and oxygen atoms in total. The van der Waals surface area contributed by atoms with E-state index in [4.69, 9.17) is 4.42 Å². The summed E-state index contributed by atoms with van der Waals surface area (Å²) in [6.45, 7) is 23.4. The van der Waals surface area contributed by atoms with E-state index in [1.807, 2.05) is 0 Å². The zero-order valence-corrected chi connectivity index (χ0v) is 35.6. The first-order valence-electron chi connectivity index (χ1n) is 20.9. The van der Waals surface area contributed by atoms with Gasteiger partial charge in [0.15, 0.2) is 0 Å². The fourth-order valence-electron chi connectivity index (χ4n) is 10.1. The second-order valence-electron chi connectivity index (χ2n) is 19.8. The van der Waals surface area contributed by atoms with Crippen molar-refractivity contribution in [1.82, 2.24) is 0 Å². The second-order valence-corrected chi connectivity index (χ2v) is 19.8. The maximum absolute atomic E-state index is 7.19. The molecule has 58 heavy (non-hydrogen) atoms. The molecule has 10 rings (SSSR count). The third-order valence-electron chi connectivity index (χ3n) is 13.3. The smallest absolute Gasteiger partial charge is 0.143 e. The van der Waals surface area contributed by atoms with Gasteiger partial charge in [0, 0.05) is 44.1 Å². The molecule has 2 heteroatoms. The van der Waals surface area contributed by atoms with Crippen LogP contribution in [0.2, 0.25) is 0 Å². The number of anilines is 3. The Hall–Kier alpha value is -5.86. The van der Waals surface area contributed by atoms with Gasteiger partial charge in [0.25, 0.3) is 0 Å². The highest BCUT2D eigenvalue weighted by molar-refractivity contribution is 6.13. The van der Waals surface area contributed by atoms with Gasteiger partial charge in [-0.05, 0) is 103 Å². The Labute approximate surface area is 344 Å². The van der Waals surface area contributed by atoms with Gasteiger partial charge < -0.3 is 9.32 Å². The van der Waals surface area contributed by atoms with Gasteiger partial charge in [0.2, 0.25) is 0 Å². The molecule has 0 N–H and O–H groups in total. The molecule has 0 atom stereocenters. The molecule has 0 amide bonds. The van der Waals surface area contributed by atoms with Crippen molar-refractivity contribution >= 4 is 39.0 Å². The second kappa shape index (κ2) is 12.3. The summed E-state index contributed by atoms with van der Waals surface area (Å²) in [4.78, 5) is 2.50. The van der Waals surface area contributed by atoms with Gasteiger partial charge in [-0.2, -0.15) is 0 Å². The van der Waals surface area contributed by atoms with Gasteiger partial charge >= 0.3 is 0 Å². The third kappa shape index (κ3) is 5.30. The van der Waals surface area contributed by atoms with E-state index in [1.165, 1.54) is 83.2 Å². The van der Waals surface area contributed by atoms with Crippen molar-refractivity contribution in [2.75, 3.05) is 4.90 Å². The molecule has 0 radical (unpaired) electrons. The van der Waals surface area contributed by atoms with Crippen molar-refractivity contribution < 1.29 is 4.42 Å². The molecule has 1 heterocycles. The van der Waals surface area contributed by atoms with Crippen molar-refractivity contribution in [3.63, 3.8) is 0 Å². The fourth-order valence-corrected chi connectivity index (χ4v) is 10.1. The Bertz CT molecular complexity index is 2940. The maximum atomic E-state index is 7.19. The SMILES string of the molecule is CC(C)(C)c1cc(C(C)(C)C)c2oc3c4c(ccc3c2c1)C(C)(C)c1c-4cccc1N(c1ccc(-c2ccccc2)cc1)c1ccc2c(c1)C(C)(C)c1ccccc1-2. The average molecular weight is 756 g/mol. The van der Waals surface area contributed by atoms with Crippen LogP contribution in [0.1, 0.15) is 103 Å². The van der Waals surface area contributed by atoms with E-state index in [9.17, 15) is 0 Å². The molecule has 0 aliphatic heterocycles. The van der Waals surface area contributed by atoms with Gasteiger partial charge in [-0.3, -0.25) is 0 Å². The number of benzene rings is 7. The van der Waals surface area contributed by atoms with E-state index >= 15 is 0 Å². The molecule has 8 aromatic rings. The summed E-state index contributed by atoms with van der Waals surface area (Å²) in [5, 5.41) is 2.40. The van der Waals surface area contributed by atoms with Crippen LogP contribution in [-0.4, -0.2) is 0 Å². The van der Waals surface area contributed by atoms with Gasteiger partial charge in [-0.15, -0.1) is 0 Å². The highest BCUT2D eigenvalue weighted by Gasteiger charge is 2.42. The molecule has 7 aromatic carbocycles. The third-order valence-corrected chi connectivity index (χ3v) is 13.3. The molecule has 0 saturated heterocycles. The van der Waals surface area contributed by atoms with Crippen LogP contribution in [0.3, 0.4) is 0 Å². The van der Waals surface area contributed by atoms with Crippen LogP contribution < -0.4 is 4.90 Å². The van der Waals surface area contributed by atoms with Crippen molar-refractivity contribution in [2.45, 2.75) is 90.9 Å².